The molecule has 0 aliphatic carbocycles. The molecule has 0 spiro atoms. The number of aromatic nitrogens is 3. The van der Waals surface area contributed by atoms with Crippen LogP contribution in [0.4, 0.5) is 20.4 Å². The molecule has 7 nitrogen and oxygen atoms in total. The van der Waals surface area contributed by atoms with Gasteiger partial charge in [-0.1, -0.05) is 12.6 Å². The third-order valence-electron chi connectivity index (χ3n) is 5.79. The zero-order valence-corrected chi connectivity index (χ0v) is 17.5. The van der Waals surface area contributed by atoms with E-state index in [0.717, 1.165) is 6.07 Å². The maximum absolute atomic E-state index is 13.6. The lowest BCUT2D eigenvalue weighted by atomic mass is 10.1. The van der Waals surface area contributed by atoms with E-state index in [9.17, 15) is 13.6 Å². The second-order valence-corrected chi connectivity index (χ2v) is 7.95. The number of nitrogens with zero attached hydrogens (tertiary/aromatic N) is 6. The Morgan fingerprint density at radius 3 is 2.58 bits per heavy atom. The van der Waals surface area contributed by atoms with E-state index in [1.807, 2.05) is 18.7 Å². The topological polar surface area (TPSA) is 58.6 Å². The van der Waals surface area contributed by atoms with Crippen LogP contribution in [0.2, 0.25) is 0 Å². The number of benzene rings is 1. The van der Waals surface area contributed by atoms with Crippen LogP contribution in [0, 0.1) is 18.2 Å². The molecular weight excluding hydrogens is 402 g/mol. The lowest BCUT2D eigenvalue weighted by Gasteiger charge is -2.44. The van der Waals surface area contributed by atoms with Crippen LogP contribution in [-0.2, 0) is 13.6 Å². The minimum Gasteiger partial charge on any atom is -0.361 e. The standard InChI is InChI=1S/C22H22F2N6O/c1-13-11-30(14(2)10-29(13)12-15-5-6-16(23)17(24)9-15)21-20-18(28(4)22(31)27-21)7-8-19(25-3)26-20/h5-9,13-14H,10-12H2,1-2,4H3/t13-,14+/m1/s1. The molecular formula is C22H22F2N6O. The number of pyridine rings is 1. The van der Waals surface area contributed by atoms with E-state index < -0.39 is 11.6 Å². The highest BCUT2D eigenvalue weighted by molar-refractivity contribution is 5.87. The van der Waals surface area contributed by atoms with Gasteiger partial charge in [-0.2, -0.15) is 4.98 Å². The van der Waals surface area contributed by atoms with Gasteiger partial charge >= 0.3 is 5.69 Å². The summed E-state index contributed by atoms with van der Waals surface area (Å²) in [5, 5.41) is 0. The first kappa shape index (κ1) is 20.9. The van der Waals surface area contributed by atoms with Crippen molar-refractivity contribution < 1.29 is 8.78 Å². The second-order valence-electron chi connectivity index (χ2n) is 7.95. The van der Waals surface area contributed by atoms with Gasteiger partial charge in [0.15, 0.2) is 17.5 Å². The summed E-state index contributed by atoms with van der Waals surface area (Å²) in [5.74, 6) is -0.999. The zero-order chi connectivity index (χ0) is 22.3. The molecule has 160 valence electrons. The largest absolute Gasteiger partial charge is 0.361 e. The molecule has 4 rings (SSSR count). The first-order valence-electron chi connectivity index (χ1n) is 9.98. The fourth-order valence-electron chi connectivity index (χ4n) is 4.05. The molecule has 1 aliphatic rings. The van der Waals surface area contributed by atoms with E-state index in [1.54, 1.807) is 25.2 Å². The quantitative estimate of drug-likeness (QED) is 0.604. The van der Waals surface area contributed by atoms with E-state index in [0.29, 0.717) is 42.0 Å². The fraction of sp³-hybridized carbons (Fsp3) is 0.364. The van der Waals surface area contributed by atoms with Crippen LogP contribution in [0.1, 0.15) is 19.4 Å². The molecule has 1 aromatic carbocycles. The van der Waals surface area contributed by atoms with Crippen molar-refractivity contribution in [1.29, 1.82) is 0 Å². The van der Waals surface area contributed by atoms with Crippen molar-refractivity contribution in [2.75, 3.05) is 18.0 Å². The van der Waals surface area contributed by atoms with Gasteiger partial charge in [0.1, 0.15) is 0 Å². The first-order valence-corrected chi connectivity index (χ1v) is 9.98. The maximum atomic E-state index is 13.6. The molecule has 0 bridgehead atoms. The summed E-state index contributed by atoms with van der Waals surface area (Å²) >= 11 is 0. The van der Waals surface area contributed by atoms with Gasteiger partial charge in [0.25, 0.3) is 5.82 Å². The Balaban J connectivity index is 1.66. The average Bonchev–Trinajstić information content (AvgIpc) is 2.75. The zero-order valence-electron chi connectivity index (χ0n) is 17.5. The molecule has 0 N–H and O–H groups in total. The van der Waals surface area contributed by atoms with Gasteiger partial charge in [-0.15, -0.1) is 4.98 Å². The Morgan fingerprint density at radius 1 is 1.10 bits per heavy atom. The molecule has 2 atom stereocenters. The second kappa shape index (κ2) is 8.04. The van der Waals surface area contributed by atoms with Crippen molar-refractivity contribution in [2.45, 2.75) is 32.5 Å². The number of halogens is 2. The normalized spacial score (nSPS) is 19.5. The summed E-state index contributed by atoms with van der Waals surface area (Å²) in [6, 6.07) is 7.32. The third kappa shape index (κ3) is 3.86. The molecule has 0 saturated carbocycles. The Morgan fingerprint density at radius 2 is 1.87 bits per heavy atom. The van der Waals surface area contributed by atoms with Gasteiger partial charge in [-0.05, 0) is 43.7 Å². The lowest BCUT2D eigenvalue weighted by molar-refractivity contribution is 0.157. The molecule has 1 saturated heterocycles. The number of hydrogen-bond donors (Lipinski definition) is 0. The van der Waals surface area contributed by atoms with Gasteiger partial charge in [0.2, 0.25) is 5.52 Å². The first-order chi connectivity index (χ1) is 14.8. The Kier molecular flexibility index (Phi) is 5.41. The van der Waals surface area contributed by atoms with Gasteiger partial charge in [0, 0.05) is 38.8 Å². The van der Waals surface area contributed by atoms with Crippen LogP contribution < -0.4 is 10.6 Å². The summed E-state index contributed by atoms with van der Waals surface area (Å²) in [7, 11) is 1.63. The van der Waals surface area contributed by atoms with Crippen LogP contribution in [0.3, 0.4) is 0 Å². The molecule has 1 aliphatic heterocycles. The number of hydrogen-bond acceptors (Lipinski definition) is 5. The van der Waals surface area contributed by atoms with Crippen molar-refractivity contribution in [2.24, 2.45) is 7.05 Å². The van der Waals surface area contributed by atoms with Gasteiger partial charge < -0.3 is 9.74 Å². The summed E-state index contributed by atoms with van der Waals surface area (Å²) in [5.41, 5.74) is 1.45. The molecule has 9 heteroatoms. The Bertz CT molecular complexity index is 1250. The van der Waals surface area contributed by atoms with Crippen LogP contribution in [0.5, 0.6) is 0 Å². The lowest BCUT2D eigenvalue weighted by Crippen LogP contribution is -2.56. The highest BCUT2D eigenvalue weighted by Crippen LogP contribution is 2.29. The number of piperazine rings is 1. The maximum Gasteiger partial charge on any atom is 0.350 e. The molecule has 0 unspecified atom stereocenters. The predicted molar refractivity (Wildman–Crippen MR) is 114 cm³/mol. The Hall–Kier alpha value is -3.38. The van der Waals surface area contributed by atoms with Gasteiger partial charge in [-0.25, -0.2) is 13.6 Å². The molecule has 1 fully saturated rings. The molecule has 3 aromatic rings. The third-order valence-corrected chi connectivity index (χ3v) is 5.79. The van der Waals surface area contributed by atoms with Crippen LogP contribution in [-0.4, -0.2) is 44.6 Å². The van der Waals surface area contributed by atoms with E-state index in [2.05, 4.69) is 19.7 Å². The van der Waals surface area contributed by atoms with Crippen LogP contribution >= 0.6 is 0 Å². The minimum atomic E-state index is -0.857. The number of anilines is 1. The number of aryl methyl sites for hydroxylation is 1. The van der Waals surface area contributed by atoms with E-state index in [4.69, 9.17) is 6.57 Å². The SMILES string of the molecule is [C-]#[N+]c1ccc2c(n1)c(N1C[C@@H](C)N(Cc3ccc(F)c(F)c3)C[C@@H]1C)nc(=O)n2C. The van der Waals surface area contributed by atoms with Gasteiger partial charge in [0.05, 0.1) is 5.52 Å². The molecule has 0 amide bonds. The summed E-state index contributed by atoms with van der Waals surface area (Å²) in [4.78, 5) is 28.8. The molecule has 3 heterocycles. The highest BCUT2D eigenvalue weighted by Gasteiger charge is 2.32. The number of rotatable bonds is 3. The average molecular weight is 424 g/mol. The van der Waals surface area contributed by atoms with Crippen LogP contribution in [0.15, 0.2) is 35.1 Å². The van der Waals surface area contributed by atoms with Crippen molar-refractivity contribution in [3.8, 4) is 0 Å². The van der Waals surface area contributed by atoms with E-state index in [-0.39, 0.29) is 23.6 Å². The molecule has 0 radical (unpaired) electrons. The van der Waals surface area contributed by atoms with Crippen molar-refractivity contribution >= 4 is 22.7 Å². The predicted octanol–water partition coefficient (Wildman–Crippen LogP) is 3.26. The minimum absolute atomic E-state index is 0.0114. The summed E-state index contributed by atoms with van der Waals surface area (Å²) < 4.78 is 28.3. The van der Waals surface area contributed by atoms with E-state index >= 15 is 0 Å². The fourth-order valence-corrected chi connectivity index (χ4v) is 4.05. The van der Waals surface area contributed by atoms with Crippen molar-refractivity contribution in [3.63, 3.8) is 0 Å². The van der Waals surface area contributed by atoms with Crippen molar-refractivity contribution in [3.05, 3.63) is 69.4 Å². The van der Waals surface area contributed by atoms with Crippen molar-refractivity contribution in [1.82, 2.24) is 19.4 Å². The van der Waals surface area contributed by atoms with Crippen LogP contribution in [0.25, 0.3) is 15.9 Å². The summed E-state index contributed by atoms with van der Waals surface area (Å²) in [6.07, 6.45) is 0. The molecule has 31 heavy (non-hydrogen) atoms. The smallest absolute Gasteiger partial charge is 0.350 e. The molecule has 2 aromatic heterocycles. The summed E-state index contributed by atoms with van der Waals surface area (Å²) in [6.45, 7) is 13.0. The van der Waals surface area contributed by atoms with E-state index in [1.165, 1.54) is 10.6 Å². The van der Waals surface area contributed by atoms with Gasteiger partial charge in [-0.3, -0.25) is 9.47 Å². The number of fused-ring (bicyclic) bond motifs is 1. The monoisotopic (exact) mass is 424 g/mol. The Labute approximate surface area is 178 Å². The highest BCUT2D eigenvalue weighted by atomic mass is 19.2.